The molecule has 11 heavy (non-hydrogen) atoms. The van der Waals surface area contributed by atoms with E-state index in [2.05, 4.69) is 10.2 Å². The van der Waals surface area contributed by atoms with Gasteiger partial charge in [0.05, 0.1) is 18.6 Å². The highest BCUT2D eigenvalue weighted by molar-refractivity contribution is 5.88. The molecule has 0 spiro atoms. The molecule has 1 rings (SSSR count). The van der Waals surface area contributed by atoms with Crippen molar-refractivity contribution >= 4 is 5.97 Å². The van der Waals surface area contributed by atoms with E-state index in [1.807, 2.05) is 0 Å². The quantitative estimate of drug-likeness (QED) is 0.677. The molecule has 5 heteroatoms. The van der Waals surface area contributed by atoms with E-state index in [1.165, 1.54) is 6.20 Å². The van der Waals surface area contributed by atoms with E-state index in [0.717, 1.165) is 0 Å². The highest BCUT2D eigenvalue weighted by Crippen LogP contribution is 2.04. The van der Waals surface area contributed by atoms with Gasteiger partial charge in [-0.25, -0.2) is 4.79 Å². The first kappa shape index (κ1) is 7.71. The molecule has 0 unspecified atom stereocenters. The van der Waals surface area contributed by atoms with Crippen LogP contribution in [0.3, 0.4) is 0 Å². The lowest BCUT2D eigenvalue weighted by atomic mass is 10.2. The third-order valence-corrected chi connectivity index (χ3v) is 1.29. The molecule has 0 aliphatic carbocycles. The summed E-state index contributed by atoms with van der Waals surface area (Å²) in [6, 6.07) is 0. The fourth-order valence-electron chi connectivity index (χ4n) is 0.782. The molecule has 0 atom stereocenters. The van der Waals surface area contributed by atoms with Gasteiger partial charge in [0.25, 0.3) is 0 Å². The minimum Gasteiger partial charge on any atom is -0.478 e. The molecule has 0 saturated carbocycles. The lowest BCUT2D eigenvalue weighted by molar-refractivity contribution is 0.0695. The molecule has 0 amide bonds. The van der Waals surface area contributed by atoms with Gasteiger partial charge in [0.2, 0.25) is 0 Å². The van der Waals surface area contributed by atoms with Crippen LogP contribution in [0.4, 0.5) is 4.39 Å². The van der Waals surface area contributed by atoms with Crippen LogP contribution in [0.5, 0.6) is 0 Å². The van der Waals surface area contributed by atoms with Crippen molar-refractivity contribution in [3.05, 3.63) is 17.5 Å². The number of aromatic amines is 1. The van der Waals surface area contributed by atoms with E-state index in [4.69, 9.17) is 5.11 Å². The van der Waals surface area contributed by atoms with Crippen LogP contribution in [0.2, 0.25) is 0 Å². The molecule has 1 aromatic heterocycles. The Hall–Kier alpha value is -1.39. The predicted octanol–water partition coefficient (Wildman–Crippen LogP) is 0.620. The van der Waals surface area contributed by atoms with Gasteiger partial charge in [-0.2, -0.15) is 5.10 Å². The summed E-state index contributed by atoms with van der Waals surface area (Å²) in [6.07, 6.45) is 1.24. The van der Waals surface area contributed by atoms with Gasteiger partial charge < -0.3 is 5.11 Å². The van der Waals surface area contributed by atoms with Crippen molar-refractivity contribution in [2.24, 2.45) is 0 Å². The zero-order valence-corrected chi connectivity index (χ0v) is 5.67. The van der Waals surface area contributed by atoms with Crippen LogP contribution >= 0.6 is 0 Å². The van der Waals surface area contributed by atoms with E-state index in [9.17, 15) is 9.18 Å². The number of nitrogens with one attached hydrogen (secondary N) is 1. The summed E-state index contributed by atoms with van der Waals surface area (Å²) >= 11 is 0. The molecule has 0 saturated heterocycles. The first-order valence-corrected chi connectivity index (χ1v) is 3.07. The number of carbonyl (C=O) groups is 1. The number of hydrogen-bond donors (Lipinski definition) is 2. The largest absolute Gasteiger partial charge is 0.478 e. The number of aryl methyl sites for hydroxylation is 1. The van der Waals surface area contributed by atoms with Gasteiger partial charge in [0.1, 0.15) is 5.56 Å². The van der Waals surface area contributed by atoms with Gasteiger partial charge in [0, 0.05) is 6.42 Å². The van der Waals surface area contributed by atoms with Crippen molar-refractivity contribution in [1.82, 2.24) is 10.2 Å². The Kier molecular flexibility index (Phi) is 2.20. The SMILES string of the molecule is O=C(O)c1cn[nH]c1CCF. The third kappa shape index (κ3) is 1.54. The van der Waals surface area contributed by atoms with Crippen LogP contribution in [-0.4, -0.2) is 27.9 Å². The number of aromatic carboxylic acids is 1. The molecule has 0 aromatic carbocycles. The Morgan fingerprint density at radius 3 is 3.09 bits per heavy atom. The zero-order valence-electron chi connectivity index (χ0n) is 5.67. The van der Waals surface area contributed by atoms with Crippen molar-refractivity contribution < 1.29 is 14.3 Å². The molecule has 0 fully saturated rings. The molecular formula is C6H7FN2O2. The number of aromatic nitrogens is 2. The van der Waals surface area contributed by atoms with Crippen LogP contribution in [-0.2, 0) is 6.42 Å². The number of carboxylic acids is 1. The van der Waals surface area contributed by atoms with Gasteiger partial charge in [0.15, 0.2) is 0 Å². The predicted molar refractivity (Wildman–Crippen MR) is 35.2 cm³/mol. The Morgan fingerprint density at radius 1 is 1.82 bits per heavy atom. The summed E-state index contributed by atoms with van der Waals surface area (Å²) in [5.41, 5.74) is 0.377. The van der Waals surface area contributed by atoms with Crippen molar-refractivity contribution in [2.45, 2.75) is 6.42 Å². The fourth-order valence-corrected chi connectivity index (χ4v) is 0.782. The number of halogens is 1. The number of alkyl halides is 1. The van der Waals surface area contributed by atoms with Gasteiger partial charge in [-0.1, -0.05) is 0 Å². The van der Waals surface area contributed by atoms with Crippen LogP contribution in [0.15, 0.2) is 6.20 Å². The monoisotopic (exact) mass is 158 g/mol. The molecular weight excluding hydrogens is 151 g/mol. The first-order valence-electron chi connectivity index (χ1n) is 3.07. The molecule has 0 aliphatic heterocycles. The Morgan fingerprint density at radius 2 is 2.55 bits per heavy atom. The average molecular weight is 158 g/mol. The molecule has 1 heterocycles. The summed E-state index contributed by atoms with van der Waals surface area (Å²) in [4.78, 5) is 10.4. The molecule has 4 nitrogen and oxygen atoms in total. The molecule has 1 aromatic rings. The fraction of sp³-hybridized carbons (Fsp3) is 0.333. The zero-order chi connectivity index (χ0) is 8.27. The van der Waals surface area contributed by atoms with Crippen LogP contribution in [0.1, 0.15) is 16.1 Å². The normalized spacial score (nSPS) is 9.91. The number of carboxylic acid groups (broad SMARTS) is 1. The van der Waals surface area contributed by atoms with Crippen molar-refractivity contribution in [2.75, 3.05) is 6.67 Å². The van der Waals surface area contributed by atoms with Crippen LogP contribution in [0, 0.1) is 0 Å². The summed E-state index contributed by atoms with van der Waals surface area (Å²) in [5.74, 6) is -1.08. The van der Waals surface area contributed by atoms with E-state index in [-0.39, 0.29) is 12.0 Å². The maximum absolute atomic E-state index is 11.8. The van der Waals surface area contributed by atoms with Crippen LogP contribution < -0.4 is 0 Å². The highest BCUT2D eigenvalue weighted by Gasteiger charge is 2.10. The maximum Gasteiger partial charge on any atom is 0.339 e. The van der Waals surface area contributed by atoms with Crippen LogP contribution in [0.25, 0.3) is 0 Å². The number of nitrogens with zero attached hydrogens (tertiary/aromatic N) is 1. The van der Waals surface area contributed by atoms with Crippen molar-refractivity contribution in [3.8, 4) is 0 Å². The van der Waals surface area contributed by atoms with E-state index >= 15 is 0 Å². The lowest BCUT2D eigenvalue weighted by Gasteiger charge is -1.92. The second-order valence-electron chi connectivity index (χ2n) is 2.01. The van der Waals surface area contributed by atoms with E-state index in [0.29, 0.717) is 5.69 Å². The number of rotatable bonds is 3. The average Bonchev–Trinajstić information content (AvgIpc) is 2.36. The third-order valence-electron chi connectivity index (χ3n) is 1.29. The van der Waals surface area contributed by atoms with Gasteiger partial charge in [-0.05, 0) is 0 Å². The maximum atomic E-state index is 11.8. The summed E-state index contributed by atoms with van der Waals surface area (Å²) in [7, 11) is 0. The molecule has 0 bridgehead atoms. The molecule has 0 aliphatic rings. The molecule has 2 N–H and O–H groups in total. The summed E-state index contributed by atoms with van der Waals surface area (Å²) in [5, 5.41) is 14.4. The Labute approximate surface area is 62.0 Å². The smallest absolute Gasteiger partial charge is 0.339 e. The number of hydrogen-bond acceptors (Lipinski definition) is 2. The highest BCUT2D eigenvalue weighted by atomic mass is 19.1. The minimum absolute atomic E-state index is 0.0441. The van der Waals surface area contributed by atoms with Gasteiger partial charge >= 0.3 is 5.97 Å². The van der Waals surface area contributed by atoms with Crippen molar-refractivity contribution in [1.29, 1.82) is 0 Å². The van der Waals surface area contributed by atoms with E-state index in [1.54, 1.807) is 0 Å². The standard InChI is InChI=1S/C6H7FN2O2/c7-2-1-5-4(6(10)11)3-8-9-5/h3H,1-2H2,(H,8,9)(H,10,11). The lowest BCUT2D eigenvalue weighted by Crippen LogP contribution is -2.00. The number of H-pyrrole nitrogens is 1. The summed E-state index contributed by atoms with van der Waals surface area (Å²) in [6.45, 7) is -0.581. The Bertz CT molecular complexity index is 259. The first-order chi connectivity index (χ1) is 5.25. The second kappa shape index (κ2) is 3.14. The summed E-state index contributed by atoms with van der Waals surface area (Å²) < 4.78 is 11.8. The van der Waals surface area contributed by atoms with E-state index < -0.39 is 12.6 Å². The minimum atomic E-state index is -1.08. The van der Waals surface area contributed by atoms with Crippen molar-refractivity contribution in [3.63, 3.8) is 0 Å². The van der Waals surface area contributed by atoms with Gasteiger partial charge in [-0.3, -0.25) is 9.49 Å². The topological polar surface area (TPSA) is 66.0 Å². The van der Waals surface area contributed by atoms with Gasteiger partial charge in [-0.15, -0.1) is 0 Å². The second-order valence-corrected chi connectivity index (χ2v) is 2.01. The molecule has 0 radical (unpaired) electrons. The molecule has 60 valence electrons. The Balaban J connectivity index is 2.87.